The second-order valence-corrected chi connectivity index (χ2v) is 2.60. The Bertz CT molecular complexity index is 220. The van der Waals surface area contributed by atoms with E-state index in [0.29, 0.717) is 5.92 Å². The highest BCUT2D eigenvalue weighted by atomic mass is 16.3. The molecule has 0 atom stereocenters. The first kappa shape index (κ1) is 7.13. The van der Waals surface area contributed by atoms with E-state index < -0.39 is 0 Å². The second-order valence-electron chi connectivity index (χ2n) is 2.60. The summed E-state index contributed by atoms with van der Waals surface area (Å²) in [4.78, 5) is 0. The molecular formula is C9H12O. The smallest absolute Gasteiger partial charge is 0.126 e. The topological polar surface area (TPSA) is 13.1 Å². The van der Waals surface area contributed by atoms with Crippen molar-refractivity contribution in [1.82, 2.24) is 0 Å². The molecule has 1 nitrogen and oxygen atoms in total. The van der Waals surface area contributed by atoms with Crippen molar-refractivity contribution >= 4 is 6.08 Å². The maximum Gasteiger partial charge on any atom is 0.126 e. The Balaban J connectivity index is 2.88. The van der Waals surface area contributed by atoms with Gasteiger partial charge in [0.25, 0.3) is 0 Å². The van der Waals surface area contributed by atoms with Crippen molar-refractivity contribution < 1.29 is 4.42 Å². The van der Waals surface area contributed by atoms with E-state index in [-0.39, 0.29) is 0 Å². The molecule has 0 fully saturated rings. The van der Waals surface area contributed by atoms with Gasteiger partial charge in [0, 0.05) is 5.92 Å². The van der Waals surface area contributed by atoms with Crippen LogP contribution in [-0.4, -0.2) is 0 Å². The first-order valence-electron chi connectivity index (χ1n) is 3.46. The molecule has 0 unspecified atom stereocenters. The molecule has 0 aliphatic rings. The number of hydrogen-bond donors (Lipinski definition) is 0. The minimum absolute atomic E-state index is 0.466. The summed E-state index contributed by atoms with van der Waals surface area (Å²) in [6.07, 6.45) is 1.71. The van der Waals surface area contributed by atoms with Gasteiger partial charge < -0.3 is 4.42 Å². The predicted molar refractivity (Wildman–Crippen MR) is 42.9 cm³/mol. The van der Waals surface area contributed by atoms with E-state index in [1.807, 2.05) is 12.1 Å². The third kappa shape index (κ3) is 1.29. The van der Waals surface area contributed by atoms with E-state index in [2.05, 4.69) is 20.4 Å². The third-order valence-electron chi connectivity index (χ3n) is 1.42. The molecule has 1 aromatic heterocycles. The molecule has 1 aromatic rings. The van der Waals surface area contributed by atoms with E-state index >= 15 is 0 Å². The van der Waals surface area contributed by atoms with Crippen LogP contribution < -0.4 is 0 Å². The van der Waals surface area contributed by atoms with Crippen LogP contribution in [0.5, 0.6) is 0 Å². The molecule has 54 valence electrons. The number of hydrogen-bond acceptors (Lipinski definition) is 1. The van der Waals surface area contributed by atoms with E-state index in [1.54, 1.807) is 6.08 Å². The highest BCUT2D eigenvalue weighted by Gasteiger charge is 2.02. The van der Waals surface area contributed by atoms with Gasteiger partial charge in [-0.15, -0.1) is 0 Å². The maximum atomic E-state index is 5.38. The monoisotopic (exact) mass is 136 g/mol. The van der Waals surface area contributed by atoms with Gasteiger partial charge in [-0.05, 0) is 18.2 Å². The predicted octanol–water partition coefficient (Wildman–Crippen LogP) is 3.05. The summed E-state index contributed by atoms with van der Waals surface area (Å²) in [6.45, 7) is 7.82. The van der Waals surface area contributed by atoms with Gasteiger partial charge in [0.2, 0.25) is 0 Å². The molecule has 0 aliphatic carbocycles. The van der Waals surface area contributed by atoms with Crippen LogP contribution in [0.1, 0.15) is 31.3 Å². The molecule has 0 N–H and O–H groups in total. The van der Waals surface area contributed by atoms with Crippen molar-refractivity contribution in [3.8, 4) is 0 Å². The highest BCUT2D eigenvalue weighted by molar-refractivity contribution is 5.39. The van der Waals surface area contributed by atoms with Crippen LogP contribution in [0.25, 0.3) is 6.08 Å². The fourth-order valence-electron chi connectivity index (χ4n) is 0.788. The molecule has 1 heteroatoms. The molecule has 0 radical (unpaired) electrons. The molecule has 0 spiro atoms. The third-order valence-corrected chi connectivity index (χ3v) is 1.42. The van der Waals surface area contributed by atoms with E-state index in [1.165, 1.54) is 0 Å². The van der Waals surface area contributed by atoms with Crippen LogP contribution in [-0.2, 0) is 0 Å². The summed E-state index contributed by atoms with van der Waals surface area (Å²) >= 11 is 0. The Morgan fingerprint density at radius 2 is 2.20 bits per heavy atom. The zero-order chi connectivity index (χ0) is 7.56. The van der Waals surface area contributed by atoms with Crippen molar-refractivity contribution in [1.29, 1.82) is 0 Å². The van der Waals surface area contributed by atoms with Gasteiger partial charge in [-0.25, -0.2) is 0 Å². The summed E-state index contributed by atoms with van der Waals surface area (Å²) in [5.74, 6) is 2.34. The summed E-state index contributed by atoms with van der Waals surface area (Å²) in [5, 5.41) is 0. The molecule has 0 saturated heterocycles. The first-order chi connectivity index (χ1) is 4.74. The lowest BCUT2D eigenvalue weighted by Crippen LogP contribution is -1.79. The summed E-state index contributed by atoms with van der Waals surface area (Å²) < 4.78 is 5.38. The van der Waals surface area contributed by atoms with E-state index in [0.717, 1.165) is 11.5 Å². The van der Waals surface area contributed by atoms with E-state index in [9.17, 15) is 0 Å². The summed E-state index contributed by atoms with van der Waals surface area (Å²) in [6, 6.07) is 3.92. The lowest BCUT2D eigenvalue weighted by molar-refractivity contribution is 0.480. The molecule has 10 heavy (non-hydrogen) atoms. The molecule has 0 aromatic carbocycles. The first-order valence-corrected chi connectivity index (χ1v) is 3.46. The fourth-order valence-corrected chi connectivity index (χ4v) is 0.788. The van der Waals surface area contributed by atoms with Crippen LogP contribution in [0, 0.1) is 0 Å². The average molecular weight is 136 g/mol. The van der Waals surface area contributed by atoms with Crippen molar-refractivity contribution in [2.75, 3.05) is 0 Å². The normalized spacial score (nSPS) is 10.3. The largest absolute Gasteiger partial charge is 0.461 e. The van der Waals surface area contributed by atoms with E-state index in [4.69, 9.17) is 4.42 Å². The lowest BCUT2D eigenvalue weighted by atomic mass is 10.2. The Morgan fingerprint density at radius 3 is 2.50 bits per heavy atom. The molecule has 1 heterocycles. The van der Waals surface area contributed by atoms with Gasteiger partial charge in [-0.2, -0.15) is 0 Å². The highest BCUT2D eigenvalue weighted by Crippen LogP contribution is 2.17. The molecule has 1 rings (SSSR count). The Morgan fingerprint density at radius 1 is 1.50 bits per heavy atom. The number of rotatable bonds is 2. The minimum Gasteiger partial charge on any atom is -0.461 e. The average Bonchev–Trinajstić information content (AvgIpc) is 2.34. The van der Waals surface area contributed by atoms with Crippen molar-refractivity contribution in [3.63, 3.8) is 0 Å². The van der Waals surface area contributed by atoms with Crippen molar-refractivity contribution in [3.05, 3.63) is 30.2 Å². The van der Waals surface area contributed by atoms with Crippen LogP contribution in [0.3, 0.4) is 0 Å². The summed E-state index contributed by atoms with van der Waals surface area (Å²) in [7, 11) is 0. The molecule has 0 aliphatic heterocycles. The molecule has 0 saturated carbocycles. The molecular weight excluding hydrogens is 124 g/mol. The molecule has 0 amide bonds. The quantitative estimate of drug-likeness (QED) is 0.609. The number of furan rings is 1. The van der Waals surface area contributed by atoms with Crippen LogP contribution >= 0.6 is 0 Å². The van der Waals surface area contributed by atoms with Crippen LogP contribution in [0.15, 0.2) is 23.1 Å². The van der Waals surface area contributed by atoms with Gasteiger partial charge in [0.15, 0.2) is 0 Å². The van der Waals surface area contributed by atoms with Gasteiger partial charge in [-0.3, -0.25) is 0 Å². The second kappa shape index (κ2) is 2.74. The van der Waals surface area contributed by atoms with Crippen molar-refractivity contribution in [2.24, 2.45) is 0 Å². The Hall–Kier alpha value is -0.980. The van der Waals surface area contributed by atoms with Gasteiger partial charge in [0.1, 0.15) is 11.5 Å². The Labute approximate surface area is 61.4 Å². The Kier molecular flexibility index (Phi) is 1.95. The zero-order valence-electron chi connectivity index (χ0n) is 6.42. The summed E-state index contributed by atoms with van der Waals surface area (Å²) in [5.41, 5.74) is 0. The SMILES string of the molecule is C=Cc1ccc(C(C)C)o1. The fraction of sp³-hybridized carbons (Fsp3) is 0.333. The van der Waals surface area contributed by atoms with Gasteiger partial charge >= 0.3 is 0 Å². The van der Waals surface area contributed by atoms with Crippen LogP contribution in [0.2, 0.25) is 0 Å². The van der Waals surface area contributed by atoms with Crippen molar-refractivity contribution in [2.45, 2.75) is 19.8 Å². The van der Waals surface area contributed by atoms with Crippen LogP contribution in [0.4, 0.5) is 0 Å². The maximum absolute atomic E-state index is 5.38. The standard InChI is InChI=1S/C9H12O/c1-4-8-5-6-9(10-8)7(2)3/h4-7H,1H2,2-3H3. The lowest BCUT2D eigenvalue weighted by Gasteiger charge is -1.96. The molecule has 0 bridgehead atoms. The van der Waals surface area contributed by atoms with Gasteiger partial charge in [0.05, 0.1) is 0 Å². The van der Waals surface area contributed by atoms with Gasteiger partial charge in [-0.1, -0.05) is 20.4 Å². The zero-order valence-corrected chi connectivity index (χ0v) is 6.42. The minimum atomic E-state index is 0.466.